The summed E-state index contributed by atoms with van der Waals surface area (Å²) in [6.07, 6.45) is 0. The highest BCUT2D eigenvalue weighted by Crippen LogP contribution is 2.19. The Labute approximate surface area is 132 Å². The fraction of sp³-hybridized carbons (Fsp3) is 0.200. The van der Waals surface area contributed by atoms with Crippen molar-refractivity contribution < 1.29 is 9.18 Å². The molecule has 1 amide bonds. The molecule has 6 heteroatoms. The van der Waals surface area contributed by atoms with E-state index in [9.17, 15) is 9.18 Å². The molecule has 110 valence electrons. The van der Waals surface area contributed by atoms with E-state index in [1.165, 1.54) is 24.3 Å². The molecule has 0 aliphatic heterocycles. The van der Waals surface area contributed by atoms with Gasteiger partial charge in [0.2, 0.25) is 0 Å². The van der Waals surface area contributed by atoms with E-state index in [0.29, 0.717) is 18.7 Å². The van der Waals surface area contributed by atoms with Gasteiger partial charge in [0.1, 0.15) is 16.1 Å². The number of aromatic nitrogens is 1. The highest BCUT2D eigenvalue weighted by molar-refractivity contribution is 6.34. The molecule has 0 unspecified atom stereocenters. The molecule has 0 radical (unpaired) electrons. The molecule has 0 spiro atoms. The smallest absolute Gasteiger partial charge is 0.257 e. The predicted octanol–water partition coefficient (Wildman–Crippen LogP) is 4.19. The molecule has 2 aromatic rings. The van der Waals surface area contributed by atoms with Gasteiger partial charge in [-0.2, -0.15) is 0 Å². The van der Waals surface area contributed by atoms with E-state index < -0.39 is 0 Å². The van der Waals surface area contributed by atoms with Gasteiger partial charge in [-0.05, 0) is 36.8 Å². The van der Waals surface area contributed by atoms with Gasteiger partial charge in [0, 0.05) is 13.1 Å². The molecule has 0 saturated carbocycles. The first-order chi connectivity index (χ1) is 10.0. The van der Waals surface area contributed by atoms with Gasteiger partial charge in [-0.25, -0.2) is 9.37 Å². The SMILES string of the molecule is CCN(Cc1cccc(F)c1)C(=O)c1ccc(Cl)nc1Cl. The molecule has 0 aliphatic rings. The van der Waals surface area contributed by atoms with Crippen molar-refractivity contribution in [2.45, 2.75) is 13.5 Å². The zero-order chi connectivity index (χ0) is 15.4. The molecular weight excluding hydrogens is 314 g/mol. The van der Waals surface area contributed by atoms with Gasteiger partial charge in [0.05, 0.1) is 5.56 Å². The number of benzene rings is 1. The van der Waals surface area contributed by atoms with Gasteiger partial charge >= 0.3 is 0 Å². The normalized spacial score (nSPS) is 10.5. The Morgan fingerprint density at radius 2 is 2.05 bits per heavy atom. The molecule has 0 fully saturated rings. The number of halogens is 3. The van der Waals surface area contributed by atoms with Crippen LogP contribution in [0.3, 0.4) is 0 Å². The zero-order valence-corrected chi connectivity index (χ0v) is 12.8. The lowest BCUT2D eigenvalue weighted by molar-refractivity contribution is 0.0752. The number of hydrogen-bond donors (Lipinski definition) is 0. The molecule has 0 atom stereocenters. The fourth-order valence-electron chi connectivity index (χ4n) is 1.92. The maximum absolute atomic E-state index is 13.2. The van der Waals surface area contributed by atoms with Crippen molar-refractivity contribution >= 4 is 29.1 Å². The van der Waals surface area contributed by atoms with Gasteiger partial charge in [-0.1, -0.05) is 35.3 Å². The van der Waals surface area contributed by atoms with Crippen molar-refractivity contribution in [1.82, 2.24) is 9.88 Å². The van der Waals surface area contributed by atoms with Crippen LogP contribution in [0.5, 0.6) is 0 Å². The first-order valence-electron chi connectivity index (χ1n) is 6.37. The molecule has 21 heavy (non-hydrogen) atoms. The predicted molar refractivity (Wildman–Crippen MR) is 81.1 cm³/mol. The zero-order valence-electron chi connectivity index (χ0n) is 11.3. The van der Waals surface area contributed by atoms with Gasteiger partial charge in [-0.3, -0.25) is 4.79 Å². The topological polar surface area (TPSA) is 33.2 Å². The fourth-order valence-corrected chi connectivity index (χ4v) is 2.35. The molecule has 0 N–H and O–H groups in total. The molecule has 0 aliphatic carbocycles. The lowest BCUT2D eigenvalue weighted by atomic mass is 10.2. The van der Waals surface area contributed by atoms with Crippen LogP contribution in [0.25, 0.3) is 0 Å². The Kier molecular flexibility index (Phi) is 5.15. The maximum atomic E-state index is 13.2. The molecule has 1 aromatic heterocycles. The highest BCUT2D eigenvalue weighted by Gasteiger charge is 2.18. The van der Waals surface area contributed by atoms with E-state index in [4.69, 9.17) is 23.2 Å². The monoisotopic (exact) mass is 326 g/mol. The van der Waals surface area contributed by atoms with Crippen molar-refractivity contribution in [3.8, 4) is 0 Å². The van der Waals surface area contributed by atoms with E-state index in [1.54, 1.807) is 17.0 Å². The Hall–Kier alpha value is -1.65. The summed E-state index contributed by atoms with van der Waals surface area (Å²) in [5, 5.41) is 0.287. The van der Waals surface area contributed by atoms with Crippen LogP contribution >= 0.6 is 23.2 Å². The van der Waals surface area contributed by atoms with E-state index >= 15 is 0 Å². The molecule has 3 nitrogen and oxygen atoms in total. The average Bonchev–Trinajstić information content (AvgIpc) is 2.44. The molecule has 1 aromatic carbocycles. The molecular formula is C15H13Cl2FN2O. The summed E-state index contributed by atoms with van der Waals surface area (Å²) in [6, 6.07) is 9.19. The number of pyridine rings is 1. The molecule has 1 heterocycles. The number of rotatable bonds is 4. The van der Waals surface area contributed by atoms with Crippen molar-refractivity contribution in [3.05, 3.63) is 63.6 Å². The Balaban J connectivity index is 2.22. The van der Waals surface area contributed by atoms with Gasteiger partial charge in [-0.15, -0.1) is 0 Å². The maximum Gasteiger partial charge on any atom is 0.257 e. The van der Waals surface area contributed by atoms with Crippen LogP contribution in [0.2, 0.25) is 10.3 Å². The van der Waals surface area contributed by atoms with Crippen LogP contribution in [0, 0.1) is 5.82 Å². The second-order valence-corrected chi connectivity index (χ2v) is 5.17. The lowest BCUT2D eigenvalue weighted by Crippen LogP contribution is -2.30. The van der Waals surface area contributed by atoms with E-state index in [1.807, 2.05) is 6.92 Å². The minimum Gasteiger partial charge on any atom is -0.335 e. The van der Waals surface area contributed by atoms with Crippen molar-refractivity contribution in [2.24, 2.45) is 0 Å². The number of hydrogen-bond acceptors (Lipinski definition) is 2. The number of amides is 1. The quantitative estimate of drug-likeness (QED) is 0.789. The molecule has 0 saturated heterocycles. The van der Waals surface area contributed by atoms with Crippen molar-refractivity contribution in [2.75, 3.05) is 6.54 Å². The Bertz CT molecular complexity index is 664. The van der Waals surface area contributed by atoms with Crippen molar-refractivity contribution in [1.29, 1.82) is 0 Å². The third kappa shape index (κ3) is 3.93. The lowest BCUT2D eigenvalue weighted by Gasteiger charge is -2.21. The van der Waals surface area contributed by atoms with Crippen LogP contribution in [-0.4, -0.2) is 22.3 Å². The summed E-state index contributed by atoms with van der Waals surface area (Å²) < 4.78 is 13.2. The van der Waals surface area contributed by atoms with Gasteiger partial charge in [0.15, 0.2) is 0 Å². The summed E-state index contributed by atoms with van der Waals surface area (Å²) in [5.74, 6) is -0.599. The molecule has 2 rings (SSSR count). The van der Waals surface area contributed by atoms with Crippen LogP contribution < -0.4 is 0 Å². The third-order valence-corrected chi connectivity index (χ3v) is 3.48. The van der Waals surface area contributed by atoms with Crippen LogP contribution in [0.1, 0.15) is 22.8 Å². The molecule has 0 bridgehead atoms. The highest BCUT2D eigenvalue weighted by atomic mass is 35.5. The van der Waals surface area contributed by atoms with Crippen LogP contribution in [-0.2, 0) is 6.54 Å². The minimum absolute atomic E-state index is 0.0604. The first kappa shape index (κ1) is 15.7. The average molecular weight is 327 g/mol. The summed E-state index contributed by atoms with van der Waals surface area (Å²) in [5.41, 5.74) is 0.988. The van der Waals surface area contributed by atoms with Crippen LogP contribution in [0.15, 0.2) is 36.4 Å². The van der Waals surface area contributed by atoms with E-state index in [2.05, 4.69) is 4.98 Å². The Morgan fingerprint density at radius 3 is 2.67 bits per heavy atom. The van der Waals surface area contributed by atoms with E-state index in [0.717, 1.165) is 0 Å². The van der Waals surface area contributed by atoms with Gasteiger partial charge in [0.25, 0.3) is 5.91 Å². The third-order valence-electron chi connectivity index (χ3n) is 2.98. The second-order valence-electron chi connectivity index (χ2n) is 4.42. The van der Waals surface area contributed by atoms with Gasteiger partial charge < -0.3 is 4.90 Å². The first-order valence-corrected chi connectivity index (χ1v) is 7.12. The summed E-state index contributed by atoms with van der Waals surface area (Å²) in [6.45, 7) is 2.61. The minimum atomic E-state index is -0.331. The number of carbonyl (C=O) groups is 1. The number of nitrogens with zero attached hydrogens (tertiary/aromatic N) is 2. The summed E-state index contributed by atoms with van der Waals surface area (Å²) in [4.78, 5) is 17.9. The summed E-state index contributed by atoms with van der Waals surface area (Å²) >= 11 is 11.7. The van der Waals surface area contributed by atoms with Crippen molar-refractivity contribution in [3.63, 3.8) is 0 Å². The number of carbonyl (C=O) groups excluding carboxylic acids is 1. The van der Waals surface area contributed by atoms with E-state index in [-0.39, 0.29) is 27.6 Å². The largest absolute Gasteiger partial charge is 0.335 e. The second kappa shape index (κ2) is 6.87. The Morgan fingerprint density at radius 1 is 1.29 bits per heavy atom. The standard InChI is InChI=1S/C15H13Cl2FN2O/c1-2-20(9-10-4-3-5-11(18)8-10)15(21)12-6-7-13(16)19-14(12)17/h3-8H,2,9H2,1H3. The summed E-state index contributed by atoms with van der Waals surface area (Å²) in [7, 11) is 0. The van der Waals surface area contributed by atoms with Crippen LogP contribution in [0.4, 0.5) is 4.39 Å².